The number of halogens is 2. The van der Waals surface area contributed by atoms with Crippen LogP contribution in [-0.2, 0) is 13.0 Å². The fourth-order valence-corrected chi connectivity index (χ4v) is 3.06. The Morgan fingerprint density at radius 3 is 2.67 bits per heavy atom. The van der Waals surface area contributed by atoms with E-state index >= 15 is 0 Å². The van der Waals surface area contributed by atoms with Crippen molar-refractivity contribution in [3.8, 4) is 0 Å². The van der Waals surface area contributed by atoms with Crippen LogP contribution >= 0.6 is 38.9 Å². The number of nitrogens with one attached hydrogen (secondary N) is 1. The molecule has 0 aliphatic rings. The van der Waals surface area contributed by atoms with Gasteiger partial charge in [-0.25, -0.2) is 0 Å². The lowest BCUT2D eigenvalue weighted by Gasteiger charge is -2.13. The summed E-state index contributed by atoms with van der Waals surface area (Å²) in [5, 5.41) is 6.32. The molecule has 2 aromatic rings. The SMILES string of the molecule is CC(Cc1ccc(Br)cc1)NCc1cc(Cl)cs1. The summed E-state index contributed by atoms with van der Waals surface area (Å²) >= 11 is 11.0. The maximum absolute atomic E-state index is 5.90. The summed E-state index contributed by atoms with van der Waals surface area (Å²) in [6.45, 7) is 3.09. The molecule has 0 fully saturated rings. The van der Waals surface area contributed by atoms with Crippen molar-refractivity contribution in [3.05, 3.63) is 55.6 Å². The van der Waals surface area contributed by atoms with E-state index < -0.39 is 0 Å². The maximum Gasteiger partial charge on any atom is 0.0516 e. The van der Waals surface area contributed by atoms with Crippen molar-refractivity contribution in [3.63, 3.8) is 0 Å². The summed E-state index contributed by atoms with van der Waals surface area (Å²) in [6.07, 6.45) is 1.03. The van der Waals surface area contributed by atoms with E-state index in [0.29, 0.717) is 6.04 Å². The van der Waals surface area contributed by atoms with Crippen molar-refractivity contribution in [1.29, 1.82) is 0 Å². The highest BCUT2D eigenvalue weighted by Crippen LogP contribution is 2.19. The lowest BCUT2D eigenvalue weighted by atomic mass is 10.1. The summed E-state index contributed by atoms with van der Waals surface area (Å²) in [7, 11) is 0. The summed E-state index contributed by atoms with van der Waals surface area (Å²) in [5.74, 6) is 0. The monoisotopic (exact) mass is 343 g/mol. The third kappa shape index (κ3) is 4.39. The van der Waals surface area contributed by atoms with Crippen LogP contribution in [0.1, 0.15) is 17.4 Å². The smallest absolute Gasteiger partial charge is 0.0516 e. The van der Waals surface area contributed by atoms with Gasteiger partial charge in [0.05, 0.1) is 5.02 Å². The Balaban J connectivity index is 1.81. The van der Waals surface area contributed by atoms with E-state index in [1.807, 2.05) is 11.4 Å². The van der Waals surface area contributed by atoms with Gasteiger partial charge in [0.2, 0.25) is 0 Å². The van der Waals surface area contributed by atoms with E-state index in [2.05, 4.69) is 52.4 Å². The molecule has 0 amide bonds. The largest absolute Gasteiger partial charge is 0.309 e. The molecule has 18 heavy (non-hydrogen) atoms. The van der Waals surface area contributed by atoms with Gasteiger partial charge in [0, 0.05) is 27.3 Å². The molecule has 1 N–H and O–H groups in total. The fraction of sp³-hybridized carbons (Fsp3) is 0.286. The standard InChI is InChI=1S/C14H15BrClNS/c1-10(6-11-2-4-12(15)5-3-11)17-8-14-7-13(16)9-18-14/h2-5,7,9-10,17H,6,8H2,1H3. The van der Waals surface area contributed by atoms with Crippen LogP contribution in [0.2, 0.25) is 5.02 Å². The van der Waals surface area contributed by atoms with E-state index in [1.54, 1.807) is 11.3 Å². The third-order valence-electron chi connectivity index (χ3n) is 2.70. The molecule has 1 aromatic heterocycles. The zero-order valence-corrected chi connectivity index (χ0v) is 13.3. The minimum absolute atomic E-state index is 0.451. The van der Waals surface area contributed by atoms with Crippen LogP contribution < -0.4 is 5.32 Å². The van der Waals surface area contributed by atoms with E-state index in [0.717, 1.165) is 22.5 Å². The first-order chi connectivity index (χ1) is 8.63. The predicted molar refractivity (Wildman–Crippen MR) is 83.5 cm³/mol. The minimum atomic E-state index is 0.451. The summed E-state index contributed by atoms with van der Waals surface area (Å²) in [4.78, 5) is 1.28. The normalized spacial score (nSPS) is 12.6. The Hall–Kier alpha value is -0.350. The van der Waals surface area contributed by atoms with Gasteiger partial charge in [-0.2, -0.15) is 0 Å². The highest BCUT2D eigenvalue weighted by Gasteiger charge is 2.04. The third-order valence-corrected chi connectivity index (χ3v) is 4.51. The van der Waals surface area contributed by atoms with Gasteiger partial charge < -0.3 is 5.32 Å². The first-order valence-corrected chi connectivity index (χ1v) is 7.89. The molecule has 0 spiro atoms. The first-order valence-electron chi connectivity index (χ1n) is 5.84. The van der Waals surface area contributed by atoms with E-state index in [-0.39, 0.29) is 0 Å². The zero-order valence-electron chi connectivity index (χ0n) is 10.1. The van der Waals surface area contributed by atoms with Crippen molar-refractivity contribution in [2.24, 2.45) is 0 Å². The molecule has 0 saturated carbocycles. The Morgan fingerprint density at radius 1 is 1.33 bits per heavy atom. The van der Waals surface area contributed by atoms with Crippen molar-refractivity contribution in [2.75, 3.05) is 0 Å². The van der Waals surface area contributed by atoms with Crippen LogP contribution in [0.15, 0.2) is 40.2 Å². The van der Waals surface area contributed by atoms with Gasteiger partial charge in [0.25, 0.3) is 0 Å². The van der Waals surface area contributed by atoms with Gasteiger partial charge in [-0.15, -0.1) is 11.3 Å². The van der Waals surface area contributed by atoms with Crippen LogP contribution in [0.3, 0.4) is 0 Å². The molecule has 0 radical (unpaired) electrons. The van der Waals surface area contributed by atoms with Gasteiger partial charge in [0.15, 0.2) is 0 Å². The number of benzene rings is 1. The number of hydrogen-bond donors (Lipinski definition) is 1. The van der Waals surface area contributed by atoms with Gasteiger partial charge >= 0.3 is 0 Å². The van der Waals surface area contributed by atoms with Crippen LogP contribution in [-0.4, -0.2) is 6.04 Å². The summed E-state index contributed by atoms with van der Waals surface area (Å²) < 4.78 is 1.13. The lowest BCUT2D eigenvalue weighted by Crippen LogP contribution is -2.27. The van der Waals surface area contributed by atoms with Crippen molar-refractivity contribution < 1.29 is 0 Å². The van der Waals surface area contributed by atoms with Crippen molar-refractivity contribution in [1.82, 2.24) is 5.32 Å². The molecule has 0 saturated heterocycles. The molecule has 1 nitrogen and oxygen atoms in total. The molecule has 96 valence electrons. The molecule has 1 atom stereocenters. The average molecular weight is 345 g/mol. The molecule has 2 rings (SSSR count). The van der Waals surface area contributed by atoms with Crippen LogP contribution in [0.5, 0.6) is 0 Å². The van der Waals surface area contributed by atoms with Gasteiger partial charge in [-0.05, 0) is 37.1 Å². The molecule has 0 bridgehead atoms. The van der Waals surface area contributed by atoms with Gasteiger partial charge in [0.1, 0.15) is 0 Å². The van der Waals surface area contributed by atoms with Crippen LogP contribution in [0.25, 0.3) is 0 Å². The molecule has 0 aliphatic heterocycles. The Bertz CT molecular complexity index is 495. The molecular weight excluding hydrogens is 330 g/mol. The lowest BCUT2D eigenvalue weighted by molar-refractivity contribution is 0.549. The van der Waals surface area contributed by atoms with Crippen LogP contribution in [0, 0.1) is 0 Å². The van der Waals surface area contributed by atoms with Gasteiger partial charge in [-0.1, -0.05) is 39.7 Å². The highest BCUT2D eigenvalue weighted by atomic mass is 79.9. The molecular formula is C14H15BrClNS. The maximum atomic E-state index is 5.90. The average Bonchev–Trinajstić information content (AvgIpc) is 2.76. The second kappa shape index (κ2) is 6.71. The van der Waals surface area contributed by atoms with E-state index in [4.69, 9.17) is 11.6 Å². The first kappa shape index (κ1) is 14.1. The Morgan fingerprint density at radius 2 is 2.06 bits per heavy atom. The highest BCUT2D eigenvalue weighted by molar-refractivity contribution is 9.10. The van der Waals surface area contributed by atoms with E-state index in [9.17, 15) is 0 Å². The Kier molecular flexibility index (Phi) is 5.25. The Labute approximate surface area is 125 Å². The predicted octanol–water partition coefficient (Wildman–Crippen LogP) is 4.88. The summed E-state index contributed by atoms with van der Waals surface area (Å²) in [5.41, 5.74) is 1.35. The molecule has 1 aromatic carbocycles. The molecule has 1 heterocycles. The van der Waals surface area contributed by atoms with Crippen molar-refractivity contribution in [2.45, 2.75) is 25.9 Å². The second-order valence-electron chi connectivity index (χ2n) is 4.34. The zero-order chi connectivity index (χ0) is 13.0. The van der Waals surface area contributed by atoms with Crippen LogP contribution in [0.4, 0.5) is 0 Å². The molecule has 1 unspecified atom stereocenters. The molecule has 4 heteroatoms. The quantitative estimate of drug-likeness (QED) is 0.814. The van der Waals surface area contributed by atoms with E-state index in [1.165, 1.54) is 10.4 Å². The summed E-state index contributed by atoms with van der Waals surface area (Å²) in [6, 6.07) is 11.0. The fourth-order valence-electron chi connectivity index (χ4n) is 1.77. The topological polar surface area (TPSA) is 12.0 Å². The number of rotatable bonds is 5. The van der Waals surface area contributed by atoms with Gasteiger partial charge in [-0.3, -0.25) is 0 Å². The number of hydrogen-bond acceptors (Lipinski definition) is 2. The number of thiophene rings is 1. The molecule has 0 aliphatic carbocycles. The van der Waals surface area contributed by atoms with Crippen molar-refractivity contribution >= 4 is 38.9 Å². The second-order valence-corrected chi connectivity index (χ2v) is 6.69. The minimum Gasteiger partial charge on any atom is -0.309 e.